The van der Waals surface area contributed by atoms with Crippen LogP contribution >= 0.6 is 0 Å². The summed E-state index contributed by atoms with van der Waals surface area (Å²) in [6, 6.07) is 7.37. The number of piperidine rings is 1. The molecule has 0 radical (unpaired) electrons. The lowest BCUT2D eigenvalue weighted by Gasteiger charge is -2.66. The second kappa shape index (κ2) is 6.54. The molecule has 5 heteroatoms. The third kappa shape index (κ3) is 2.39. The van der Waals surface area contributed by atoms with E-state index in [-0.39, 0.29) is 11.5 Å². The number of nitrogens with one attached hydrogen (secondary N) is 1. The predicted octanol–water partition coefficient (Wildman–Crippen LogP) is 3.05. The quantitative estimate of drug-likeness (QED) is 0.748. The number of phenols is 1. The molecule has 3 heterocycles. The molecule has 33 heavy (non-hydrogen) atoms. The number of fused-ring (bicyclic) bond motifs is 1. The number of hydrogen-bond donors (Lipinski definition) is 2. The largest absolute Gasteiger partial charge is 0.508 e. The Kier molecular flexibility index (Phi) is 3.90. The molecule has 4 bridgehead atoms. The highest BCUT2D eigenvalue weighted by Crippen LogP contribution is 2.75. The Morgan fingerprint density at radius 3 is 2.91 bits per heavy atom. The number of benzene rings is 1. The highest BCUT2D eigenvalue weighted by molar-refractivity contribution is 5.83. The van der Waals surface area contributed by atoms with Crippen molar-refractivity contribution in [2.45, 2.75) is 81.3 Å². The van der Waals surface area contributed by atoms with E-state index >= 15 is 0 Å². The molecule has 7 atom stereocenters. The van der Waals surface area contributed by atoms with E-state index in [1.165, 1.54) is 62.7 Å². The van der Waals surface area contributed by atoms with Gasteiger partial charge in [-0.25, -0.2) is 0 Å². The first-order valence-electron chi connectivity index (χ1n) is 13.7. The van der Waals surface area contributed by atoms with Crippen molar-refractivity contribution in [3.63, 3.8) is 0 Å². The van der Waals surface area contributed by atoms with Crippen LogP contribution in [-0.4, -0.2) is 65.1 Å². The Balaban J connectivity index is 1.24. The average molecular weight is 448 g/mol. The van der Waals surface area contributed by atoms with Crippen LogP contribution in [0.1, 0.15) is 62.5 Å². The number of aromatic hydroxyl groups is 1. The zero-order valence-electron chi connectivity index (χ0n) is 19.6. The van der Waals surface area contributed by atoms with Gasteiger partial charge in [-0.1, -0.05) is 6.07 Å². The zero-order valence-corrected chi connectivity index (χ0v) is 19.6. The van der Waals surface area contributed by atoms with E-state index in [9.17, 15) is 9.90 Å². The van der Waals surface area contributed by atoms with Gasteiger partial charge in [0.1, 0.15) is 5.75 Å². The molecular weight excluding hydrogens is 410 g/mol. The molecule has 176 valence electrons. The average Bonchev–Trinajstić information content (AvgIpc) is 3.24. The molecular formula is C28H37N3O2. The summed E-state index contributed by atoms with van der Waals surface area (Å²) in [5, 5.41) is 14.1. The normalized spacial score (nSPS) is 45.2. The van der Waals surface area contributed by atoms with Crippen LogP contribution in [0.4, 0.5) is 0 Å². The van der Waals surface area contributed by atoms with Gasteiger partial charge in [0, 0.05) is 30.6 Å². The maximum Gasteiger partial charge on any atom is 0.239 e. The summed E-state index contributed by atoms with van der Waals surface area (Å²) in [6.07, 6.45) is 11.1. The van der Waals surface area contributed by atoms with E-state index < -0.39 is 0 Å². The molecule has 0 spiro atoms. The van der Waals surface area contributed by atoms with E-state index in [2.05, 4.69) is 27.2 Å². The van der Waals surface area contributed by atoms with Gasteiger partial charge in [0.2, 0.25) is 5.91 Å². The van der Waals surface area contributed by atoms with Gasteiger partial charge in [0.05, 0.1) is 6.04 Å². The minimum Gasteiger partial charge on any atom is -0.508 e. The van der Waals surface area contributed by atoms with Crippen LogP contribution in [0.25, 0.3) is 0 Å². The van der Waals surface area contributed by atoms with Crippen LogP contribution in [0.2, 0.25) is 0 Å². The van der Waals surface area contributed by atoms with E-state index in [4.69, 9.17) is 0 Å². The summed E-state index contributed by atoms with van der Waals surface area (Å²) in [6.45, 7) is 4.46. The molecule has 8 rings (SSSR count). The number of phenolic OH excluding ortho intramolecular Hbond substituents is 1. The maximum absolute atomic E-state index is 13.6. The van der Waals surface area contributed by atoms with E-state index in [1.807, 2.05) is 6.07 Å². The predicted molar refractivity (Wildman–Crippen MR) is 126 cm³/mol. The van der Waals surface area contributed by atoms with Crippen LogP contribution in [0.3, 0.4) is 0 Å². The van der Waals surface area contributed by atoms with E-state index in [0.29, 0.717) is 41.0 Å². The van der Waals surface area contributed by atoms with Gasteiger partial charge in [-0.3, -0.25) is 9.69 Å². The van der Waals surface area contributed by atoms with Crippen LogP contribution < -0.4 is 5.32 Å². The number of rotatable bonds is 3. The van der Waals surface area contributed by atoms with Crippen molar-refractivity contribution < 1.29 is 9.90 Å². The van der Waals surface area contributed by atoms with Crippen LogP contribution in [-0.2, 0) is 16.6 Å². The third-order valence-corrected chi connectivity index (χ3v) is 11.4. The molecule has 0 unspecified atom stereocenters. The summed E-state index contributed by atoms with van der Waals surface area (Å²) in [5.41, 5.74) is 3.44. The summed E-state index contributed by atoms with van der Waals surface area (Å²) < 4.78 is 0. The molecule has 3 aliphatic heterocycles. The maximum atomic E-state index is 13.6. The molecule has 4 aliphatic carbocycles. The molecule has 2 N–H and O–H groups in total. The summed E-state index contributed by atoms with van der Waals surface area (Å²) in [4.78, 5) is 18.8. The molecule has 3 saturated heterocycles. The number of amides is 1. The Morgan fingerprint density at radius 2 is 2.09 bits per heavy atom. The lowest BCUT2D eigenvalue weighted by molar-refractivity contribution is -0.141. The smallest absolute Gasteiger partial charge is 0.239 e. The lowest BCUT2D eigenvalue weighted by atomic mass is 9.43. The molecule has 7 aliphatic rings. The van der Waals surface area contributed by atoms with Crippen LogP contribution in [0.15, 0.2) is 18.2 Å². The fraction of sp³-hybridized carbons (Fsp3) is 0.750. The molecule has 1 aromatic carbocycles. The molecule has 1 aromatic rings. The van der Waals surface area contributed by atoms with Gasteiger partial charge in [0.25, 0.3) is 0 Å². The monoisotopic (exact) mass is 447 g/mol. The Labute approximate surface area is 196 Å². The fourth-order valence-corrected chi connectivity index (χ4v) is 10.3. The van der Waals surface area contributed by atoms with Crippen molar-refractivity contribution in [2.75, 3.05) is 26.2 Å². The summed E-state index contributed by atoms with van der Waals surface area (Å²) in [7, 11) is 0. The molecule has 1 amide bonds. The van der Waals surface area contributed by atoms with Crippen molar-refractivity contribution in [3.05, 3.63) is 29.3 Å². The highest BCUT2D eigenvalue weighted by Gasteiger charge is 2.76. The topological polar surface area (TPSA) is 55.8 Å². The second-order valence-electron chi connectivity index (χ2n) is 12.6. The van der Waals surface area contributed by atoms with Crippen molar-refractivity contribution in [1.82, 2.24) is 15.1 Å². The van der Waals surface area contributed by atoms with Gasteiger partial charge in [-0.15, -0.1) is 0 Å². The molecule has 3 saturated carbocycles. The second-order valence-corrected chi connectivity index (χ2v) is 12.6. The Bertz CT molecular complexity index is 1020. The number of carbonyl (C=O) groups is 1. The standard InChI is InChI=1S/C28H37N3O2/c32-20-6-5-18-12-24-27-8-7-23-25(19(14-27)16-31(23)26(33)22-2-1-10-29-22)28(27,21(18)13-20)9-11-30(24)15-17-3-4-17/h5-6,13,17,19,22-25,29,32H,1-4,7-12,14-16H2/t19-,22-,23-,24-,25-,27-,28+/m1/s1. The number of nitrogens with zero attached hydrogens (tertiary/aromatic N) is 2. The van der Waals surface area contributed by atoms with E-state index in [0.717, 1.165) is 38.3 Å². The molecule has 6 fully saturated rings. The molecule has 5 nitrogen and oxygen atoms in total. The SMILES string of the molecule is O=C([C@H]1CCCN1)N1C[C@H]2C[C@@]34CC[C@@H]1[C@@H]2[C@@]31CCN(CC2CC2)[C@@H]4Cc2ccc(O)cc21. The minimum atomic E-state index is 0.0452. The highest BCUT2D eigenvalue weighted by atomic mass is 16.3. The van der Waals surface area contributed by atoms with Crippen molar-refractivity contribution in [3.8, 4) is 5.75 Å². The summed E-state index contributed by atoms with van der Waals surface area (Å²) in [5.74, 6) is 2.94. The van der Waals surface area contributed by atoms with Crippen molar-refractivity contribution >= 4 is 5.91 Å². The van der Waals surface area contributed by atoms with Crippen molar-refractivity contribution in [2.24, 2.45) is 23.2 Å². The lowest BCUT2D eigenvalue weighted by Crippen LogP contribution is -2.70. The third-order valence-electron chi connectivity index (χ3n) is 11.4. The number of hydrogen-bond acceptors (Lipinski definition) is 4. The zero-order chi connectivity index (χ0) is 21.9. The number of carbonyl (C=O) groups excluding carboxylic acids is 1. The van der Waals surface area contributed by atoms with Crippen molar-refractivity contribution in [1.29, 1.82) is 0 Å². The minimum absolute atomic E-state index is 0.0452. The van der Waals surface area contributed by atoms with E-state index in [1.54, 1.807) is 0 Å². The first-order valence-corrected chi connectivity index (χ1v) is 13.7. The fourth-order valence-electron chi connectivity index (χ4n) is 10.3. The Hall–Kier alpha value is -1.59. The van der Waals surface area contributed by atoms with Crippen LogP contribution in [0.5, 0.6) is 5.75 Å². The molecule has 0 aromatic heterocycles. The summed E-state index contributed by atoms with van der Waals surface area (Å²) >= 11 is 0. The first-order chi connectivity index (χ1) is 16.1. The Morgan fingerprint density at radius 1 is 1.18 bits per heavy atom. The first kappa shape index (κ1) is 19.7. The van der Waals surface area contributed by atoms with Gasteiger partial charge in [-0.05, 0) is 117 Å². The van der Waals surface area contributed by atoms with Gasteiger partial charge >= 0.3 is 0 Å². The number of likely N-dealkylation sites (tertiary alicyclic amines) is 2. The van der Waals surface area contributed by atoms with Gasteiger partial charge < -0.3 is 15.3 Å². The van der Waals surface area contributed by atoms with Gasteiger partial charge in [-0.2, -0.15) is 0 Å². The van der Waals surface area contributed by atoms with Crippen LogP contribution in [0, 0.1) is 23.2 Å². The van der Waals surface area contributed by atoms with Gasteiger partial charge in [0.15, 0.2) is 0 Å².